The van der Waals surface area contributed by atoms with E-state index in [0.717, 1.165) is 18.4 Å². The molecule has 0 aromatic rings. The highest BCUT2D eigenvalue weighted by Crippen LogP contribution is 2.32. The predicted octanol–water partition coefficient (Wildman–Crippen LogP) is 3.26. The Balaban J connectivity index is 2.39. The van der Waals surface area contributed by atoms with Crippen LogP contribution in [0.3, 0.4) is 0 Å². The van der Waals surface area contributed by atoms with Crippen LogP contribution in [0.1, 0.15) is 58.8 Å². The molecule has 1 saturated carbocycles. The van der Waals surface area contributed by atoms with Crippen molar-refractivity contribution >= 4 is 0 Å². The molecule has 0 bridgehead atoms. The molecule has 0 heterocycles. The summed E-state index contributed by atoms with van der Waals surface area (Å²) in [6.45, 7) is 6.72. The average Bonchev–Trinajstić information content (AvgIpc) is 2.30. The molecule has 0 saturated heterocycles. The standard InChI is InChI=1S/C15H32N2/c1-4-5-6-10-17(3)15(12-16)14-9-7-8-13(2)11-14/h13-15H,4-12,16H2,1-3H3. The Kier molecular flexibility index (Phi) is 7.14. The molecule has 3 unspecified atom stereocenters. The number of nitrogens with zero attached hydrogens (tertiary/aromatic N) is 1. The third-order valence-electron chi connectivity index (χ3n) is 4.44. The summed E-state index contributed by atoms with van der Waals surface area (Å²) in [5.41, 5.74) is 6.01. The van der Waals surface area contributed by atoms with Gasteiger partial charge in [-0.15, -0.1) is 0 Å². The number of nitrogens with two attached hydrogens (primary N) is 1. The first-order chi connectivity index (χ1) is 8.19. The lowest BCUT2D eigenvalue weighted by Gasteiger charge is -2.38. The van der Waals surface area contributed by atoms with Gasteiger partial charge in [-0.05, 0) is 44.7 Å². The van der Waals surface area contributed by atoms with E-state index in [1.54, 1.807) is 0 Å². The van der Waals surface area contributed by atoms with Crippen LogP contribution in [0.2, 0.25) is 0 Å². The smallest absolute Gasteiger partial charge is 0.0243 e. The average molecular weight is 240 g/mol. The summed E-state index contributed by atoms with van der Waals surface area (Å²) in [5, 5.41) is 0. The molecule has 0 radical (unpaired) electrons. The number of rotatable bonds is 7. The van der Waals surface area contributed by atoms with Crippen molar-refractivity contribution in [3.05, 3.63) is 0 Å². The van der Waals surface area contributed by atoms with Gasteiger partial charge in [-0.2, -0.15) is 0 Å². The summed E-state index contributed by atoms with van der Waals surface area (Å²) < 4.78 is 0. The molecule has 0 aliphatic heterocycles. The van der Waals surface area contributed by atoms with Gasteiger partial charge < -0.3 is 10.6 Å². The summed E-state index contributed by atoms with van der Waals surface area (Å²) in [6.07, 6.45) is 9.60. The van der Waals surface area contributed by atoms with Crippen molar-refractivity contribution in [3.63, 3.8) is 0 Å². The van der Waals surface area contributed by atoms with Gasteiger partial charge in [0.05, 0.1) is 0 Å². The second kappa shape index (κ2) is 8.10. The second-order valence-electron chi connectivity index (χ2n) is 6.02. The second-order valence-corrected chi connectivity index (χ2v) is 6.02. The van der Waals surface area contributed by atoms with Crippen molar-refractivity contribution < 1.29 is 0 Å². The predicted molar refractivity (Wildman–Crippen MR) is 76.1 cm³/mol. The summed E-state index contributed by atoms with van der Waals surface area (Å²) >= 11 is 0. The normalized spacial score (nSPS) is 27.4. The quantitative estimate of drug-likeness (QED) is 0.692. The Morgan fingerprint density at radius 2 is 2.06 bits per heavy atom. The fourth-order valence-electron chi connectivity index (χ4n) is 3.34. The number of unbranched alkanes of at least 4 members (excludes halogenated alkanes) is 2. The molecular weight excluding hydrogens is 208 g/mol. The first-order valence-electron chi connectivity index (χ1n) is 7.59. The maximum Gasteiger partial charge on any atom is 0.0243 e. The Labute approximate surface area is 108 Å². The molecule has 0 amide bonds. The lowest BCUT2D eigenvalue weighted by Crippen LogP contribution is -2.45. The van der Waals surface area contributed by atoms with Crippen LogP contribution in [0.25, 0.3) is 0 Å². The Morgan fingerprint density at radius 1 is 1.29 bits per heavy atom. The largest absolute Gasteiger partial charge is 0.329 e. The van der Waals surface area contributed by atoms with Gasteiger partial charge >= 0.3 is 0 Å². The van der Waals surface area contributed by atoms with Crippen LogP contribution in [0.4, 0.5) is 0 Å². The van der Waals surface area contributed by atoms with E-state index in [1.165, 1.54) is 51.5 Å². The van der Waals surface area contributed by atoms with Crippen LogP contribution in [-0.2, 0) is 0 Å². The van der Waals surface area contributed by atoms with Crippen molar-refractivity contribution in [1.29, 1.82) is 0 Å². The summed E-state index contributed by atoms with van der Waals surface area (Å²) in [6, 6.07) is 0.620. The third kappa shape index (κ3) is 4.97. The Bertz CT molecular complexity index is 193. The van der Waals surface area contributed by atoms with E-state index >= 15 is 0 Å². The van der Waals surface area contributed by atoms with Gasteiger partial charge in [-0.25, -0.2) is 0 Å². The lowest BCUT2D eigenvalue weighted by molar-refractivity contribution is 0.129. The van der Waals surface area contributed by atoms with Crippen LogP contribution in [0.15, 0.2) is 0 Å². The SMILES string of the molecule is CCCCCN(C)C(CN)C1CCCC(C)C1. The molecule has 1 aliphatic carbocycles. The van der Waals surface area contributed by atoms with Gasteiger partial charge in [-0.3, -0.25) is 0 Å². The molecule has 3 atom stereocenters. The third-order valence-corrected chi connectivity index (χ3v) is 4.44. The van der Waals surface area contributed by atoms with Crippen LogP contribution < -0.4 is 5.73 Å². The number of likely N-dealkylation sites (N-methyl/N-ethyl adjacent to an activating group) is 1. The zero-order chi connectivity index (χ0) is 12.7. The Hall–Kier alpha value is -0.0800. The molecule has 1 fully saturated rings. The van der Waals surface area contributed by atoms with E-state index in [0.29, 0.717) is 6.04 Å². The maximum atomic E-state index is 6.01. The molecule has 0 aromatic carbocycles. The highest BCUT2D eigenvalue weighted by Gasteiger charge is 2.28. The van der Waals surface area contributed by atoms with Crippen molar-refractivity contribution in [2.24, 2.45) is 17.6 Å². The summed E-state index contributed by atoms with van der Waals surface area (Å²) in [4.78, 5) is 2.53. The molecule has 0 aromatic heterocycles. The fraction of sp³-hybridized carbons (Fsp3) is 1.00. The first-order valence-corrected chi connectivity index (χ1v) is 7.59. The summed E-state index contributed by atoms with van der Waals surface area (Å²) in [7, 11) is 2.27. The van der Waals surface area contributed by atoms with Gasteiger partial charge in [0.25, 0.3) is 0 Å². The molecule has 102 valence electrons. The molecule has 2 N–H and O–H groups in total. The van der Waals surface area contributed by atoms with Crippen molar-refractivity contribution in [2.45, 2.75) is 64.8 Å². The number of hydrogen-bond acceptors (Lipinski definition) is 2. The minimum Gasteiger partial charge on any atom is -0.329 e. The van der Waals surface area contributed by atoms with Crippen molar-refractivity contribution in [1.82, 2.24) is 4.90 Å². The fourth-order valence-corrected chi connectivity index (χ4v) is 3.34. The van der Waals surface area contributed by atoms with Gasteiger partial charge in [-0.1, -0.05) is 39.5 Å². The monoisotopic (exact) mass is 240 g/mol. The molecule has 1 rings (SSSR count). The highest BCUT2D eigenvalue weighted by atomic mass is 15.1. The molecule has 17 heavy (non-hydrogen) atoms. The zero-order valence-corrected chi connectivity index (χ0v) is 12.1. The van der Waals surface area contributed by atoms with Crippen molar-refractivity contribution in [2.75, 3.05) is 20.1 Å². The van der Waals surface area contributed by atoms with Crippen LogP contribution >= 0.6 is 0 Å². The Morgan fingerprint density at radius 3 is 2.65 bits per heavy atom. The molecule has 0 spiro atoms. The van der Waals surface area contributed by atoms with Gasteiger partial charge in [0.2, 0.25) is 0 Å². The van der Waals surface area contributed by atoms with Gasteiger partial charge in [0.15, 0.2) is 0 Å². The minimum absolute atomic E-state index is 0.620. The minimum atomic E-state index is 0.620. The first kappa shape index (κ1) is 15.0. The van der Waals surface area contributed by atoms with Crippen molar-refractivity contribution in [3.8, 4) is 0 Å². The van der Waals surface area contributed by atoms with E-state index in [-0.39, 0.29) is 0 Å². The summed E-state index contributed by atoms with van der Waals surface area (Å²) in [5.74, 6) is 1.75. The van der Waals surface area contributed by atoms with Crippen LogP contribution in [0, 0.1) is 11.8 Å². The maximum absolute atomic E-state index is 6.01. The van der Waals surface area contributed by atoms with E-state index in [2.05, 4.69) is 25.8 Å². The highest BCUT2D eigenvalue weighted by molar-refractivity contribution is 4.83. The molecule has 1 aliphatic rings. The number of hydrogen-bond donors (Lipinski definition) is 1. The molecular formula is C15H32N2. The van der Waals surface area contributed by atoms with E-state index < -0.39 is 0 Å². The molecule has 2 heteroatoms. The lowest BCUT2D eigenvalue weighted by atomic mass is 9.78. The van der Waals surface area contributed by atoms with Gasteiger partial charge in [0, 0.05) is 12.6 Å². The molecule has 2 nitrogen and oxygen atoms in total. The van der Waals surface area contributed by atoms with Crippen LogP contribution in [0.5, 0.6) is 0 Å². The van der Waals surface area contributed by atoms with E-state index in [4.69, 9.17) is 5.73 Å². The van der Waals surface area contributed by atoms with E-state index in [9.17, 15) is 0 Å². The van der Waals surface area contributed by atoms with E-state index in [1.807, 2.05) is 0 Å². The zero-order valence-electron chi connectivity index (χ0n) is 12.1. The van der Waals surface area contributed by atoms with Gasteiger partial charge in [0.1, 0.15) is 0 Å². The topological polar surface area (TPSA) is 29.3 Å². The van der Waals surface area contributed by atoms with Crippen LogP contribution in [-0.4, -0.2) is 31.1 Å².